The number of thiophene rings is 1. The predicted molar refractivity (Wildman–Crippen MR) is 77.9 cm³/mol. The molecule has 6 heteroatoms. The molecule has 0 spiro atoms. The number of carbonyl (C=O) groups excluding carboxylic acids is 1. The smallest absolute Gasteiger partial charge is 0.315 e. The molecule has 2 rings (SSSR count). The van der Waals surface area contributed by atoms with Crippen LogP contribution in [0.1, 0.15) is 31.7 Å². The average molecular weight is 296 g/mol. The van der Waals surface area contributed by atoms with Gasteiger partial charge in [0.25, 0.3) is 0 Å². The van der Waals surface area contributed by atoms with Gasteiger partial charge in [0.2, 0.25) is 0 Å². The number of amides is 2. The van der Waals surface area contributed by atoms with Crippen LogP contribution in [0.4, 0.5) is 4.79 Å². The number of nitrogens with one attached hydrogen (secondary N) is 2. The first kappa shape index (κ1) is 14.8. The third kappa shape index (κ3) is 4.23. The highest BCUT2D eigenvalue weighted by Gasteiger charge is 2.30. The molecule has 20 heavy (non-hydrogen) atoms. The Hall–Kier alpha value is -1.56. The summed E-state index contributed by atoms with van der Waals surface area (Å²) in [7, 11) is 0. The summed E-state index contributed by atoms with van der Waals surface area (Å²) in [4.78, 5) is 22.7. The third-order valence-electron chi connectivity index (χ3n) is 3.62. The summed E-state index contributed by atoms with van der Waals surface area (Å²) in [6.07, 6.45) is 2.72. The van der Waals surface area contributed by atoms with Crippen molar-refractivity contribution in [3.63, 3.8) is 0 Å². The molecule has 1 fully saturated rings. The van der Waals surface area contributed by atoms with Gasteiger partial charge in [0.05, 0.1) is 5.92 Å². The van der Waals surface area contributed by atoms with Gasteiger partial charge < -0.3 is 15.7 Å². The largest absolute Gasteiger partial charge is 0.481 e. The second-order valence-corrected chi connectivity index (χ2v) is 6.18. The molecule has 1 aliphatic carbocycles. The SMILES string of the molecule is CC(Cc1ccsc1)NC(=O)N[C@H]1CC[C@@H](C(=O)O)C1. The maximum absolute atomic E-state index is 11.8. The van der Waals surface area contributed by atoms with Gasteiger partial charge in [0, 0.05) is 12.1 Å². The normalized spacial score (nSPS) is 23.2. The molecule has 0 saturated heterocycles. The fourth-order valence-corrected chi connectivity index (χ4v) is 3.28. The zero-order chi connectivity index (χ0) is 14.5. The number of hydrogen-bond acceptors (Lipinski definition) is 3. The third-order valence-corrected chi connectivity index (χ3v) is 4.35. The molecule has 0 aliphatic heterocycles. The summed E-state index contributed by atoms with van der Waals surface area (Å²) in [6, 6.07) is 1.88. The molecule has 1 aromatic heterocycles. The number of carboxylic acid groups (broad SMARTS) is 1. The first-order valence-corrected chi connectivity index (χ1v) is 7.79. The number of aliphatic carboxylic acids is 1. The molecular formula is C14H20N2O3S. The molecule has 5 nitrogen and oxygen atoms in total. The van der Waals surface area contributed by atoms with Gasteiger partial charge in [-0.25, -0.2) is 4.79 Å². The van der Waals surface area contributed by atoms with E-state index in [9.17, 15) is 9.59 Å². The van der Waals surface area contributed by atoms with Crippen molar-refractivity contribution in [1.29, 1.82) is 0 Å². The number of urea groups is 1. The Labute approximate surface area is 122 Å². The first-order valence-electron chi connectivity index (χ1n) is 6.85. The van der Waals surface area contributed by atoms with Crippen molar-refractivity contribution in [3.05, 3.63) is 22.4 Å². The molecule has 3 atom stereocenters. The van der Waals surface area contributed by atoms with Crippen molar-refractivity contribution in [2.45, 2.75) is 44.7 Å². The highest BCUT2D eigenvalue weighted by Crippen LogP contribution is 2.25. The number of hydrogen-bond donors (Lipinski definition) is 3. The number of carboxylic acids is 1. The van der Waals surface area contributed by atoms with Crippen LogP contribution in [0.5, 0.6) is 0 Å². The first-order chi connectivity index (χ1) is 9.54. The average Bonchev–Trinajstić information content (AvgIpc) is 2.99. The molecule has 0 radical (unpaired) electrons. The maximum Gasteiger partial charge on any atom is 0.315 e. The minimum absolute atomic E-state index is 0.0237. The number of rotatable bonds is 5. The van der Waals surface area contributed by atoms with Crippen molar-refractivity contribution in [1.82, 2.24) is 10.6 Å². The van der Waals surface area contributed by atoms with Crippen LogP contribution in [0.25, 0.3) is 0 Å². The fourth-order valence-electron chi connectivity index (χ4n) is 2.60. The van der Waals surface area contributed by atoms with E-state index in [0.717, 1.165) is 12.8 Å². The van der Waals surface area contributed by atoms with E-state index in [1.807, 2.05) is 12.3 Å². The van der Waals surface area contributed by atoms with Gasteiger partial charge in [-0.3, -0.25) is 4.79 Å². The standard InChI is InChI=1S/C14H20N2O3S/c1-9(6-10-4-5-20-8-10)15-14(19)16-12-3-2-11(7-12)13(17)18/h4-5,8-9,11-12H,2-3,6-7H2,1H3,(H,17,18)(H2,15,16,19)/t9?,11-,12+/m1/s1. The topological polar surface area (TPSA) is 78.4 Å². The van der Waals surface area contributed by atoms with Gasteiger partial charge in [-0.05, 0) is 55.0 Å². The van der Waals surface area contributed by atoms with E-state index in [-0.39, 0.29) is 24.0 Å². The Morgan fingerprint density at radius 3 is 2.90 bits per heavy atom. The quantitative estimate of drug-likeness (QED) is 0.779. The lowest BCUT2D eigenvalue weighted by Gasteiger charge is -2.17. The molecule has 1 heterocycles. The van der Waals surface area contributed by atoms with E-state index >= 15 is 0 Å². The Balaban J connectivity index is 1.71. The van der Waals surface area contributed by atoms with Crippen molar-refractivity contribution >= 4 is 23.3 Å². The van der Waals surface area contributed by atoms with Crippen LogP contribution < -0.4 is 10.6 Å². The van der Waals surface area contributed by atoms with E-state index in [2.05, 4.69) is 22.1 Å². The van der Waals surface area contributed by atoms with Crippen molar-refractivity contribution in [3.8, 4) is 0 Å². The fraction of sp³-hybridized carbons (Fsp3) is 0.571. The van der Waals surface area contributed by atoms with Gasteiger partial charge in [-0.2, -0.15) is 11.3 Å². The molecule has 110 valence electrons. The van der Waals surface area contributed by atoms with Crippen LogP contribution in [-0.4, -0.2) is 29.2 Å². The second-order valence-electron chi connectivity index (χ2n) is 5.40. The molecule has 0 aromatic carbocycles. The lowest BCUT2D eigenvalue weighted by atomic mass is 10.1. The number of carbonyl (C=O) groups is 2. The van der Waals surface area contributed by atoms with Gasteiger partial charge in [-0.15, -0.1) is 0 Å². The predicted octanol–water partition coefficient (Wildman–Crippen LogP) is 2.23. The van der Waals surface area contributed by atoms with Crippen LogP contribution in [0, 0.1) is 5.92 Å². The molecule has 0 bridgehead atoms. The second kappa shape index (κ2) is 6.74. The van der Waals surface area contributed by atoms with Crippen LogP contribution in [0.2, 0.25) is 0 Å². The Morgan fingerprint density at radius 1 is 1.50 bits per heavy atom. The molecule has 1 unspecified atom stereocenters. The highest BCUT2D eigenvalue weighted by atomic mass is 32.1. The Kier molecular flexibility index (Phi) is 5.00. The Bertz CT molecular complexity index is 461. The van der Waals surface area contributed by atoms with Crippen LogP contribution in [0.15, 0.2) is 16.8 Å². The monoisotopic (exact) mass is 296 g/mol. The van der Waals surface area contributed by atoms with Crippen molar-refractivity contribution in [2.75, 3.05) is 0 Å². The van der Waals surface area contributed by atoms with E-state index in [0.29, 0.717) is 12.8 Å². The maximum atomic E-state index is 11.8. The zero-order valence-electron chi connectivity index (χ0n) is 11.5. The van der Waals surface area contributed by atoms with Gasteiger partial charge >= 0.3 is 12.0 Å². The zero-order valence-corrected chi connectivity index (χ0v) is 12.3. The van der Waals surface area contributed by atoms with Crippen LogP contribution >= 0.6 is 11.3 Å². The molecular weight excluding hydrogens is 276 g/mol. The molecule has 2 amide bonds. The van der Waals surface area contributed by atoms with Gasteiger partial charge in [-0.1, -0.05) is 0 Å². The summed E-state index contributed by atoms with van der Waals surface area (Å²) >= 11 is 1.65. The highest BCUT2D eigenvalue weighted by molar-refractivity contribution is 7.07. The van der Waals surface area contributed by atoms with Gasteiger partial charge in [0.15, 0.2) is 0 Å². The summed E-state index contributed by atoms with van der Waals surface area (Å²) in [5.74, 6) is -1.08. The van der Waals surface area contributed by atoms with Crippen molar-refractivity contribution in [2.24, 2.45) is 5.92 Å². The van der Waals surface area contributed by atoms with E-state index in [1.54, 1.807) is 11.3 Å². The van der Waals surface area contributed by atoms with Crippen molar-refractivity contribution < 1.29 is 14.7 Å². The van der Waals surface area contributed by atoms with E-state index < -0.39 is 5.97 Å². The summed E-state index contributed by atoms with van der Waals surface area (Å²) in [6.45, 7) is 1.96. The summed E-state index contributed by atoms with van der Waals surface area (Å²) in [5.41, 5.74) is 1.22. The summed E-state index contributed by atoms with van der Waals surface area (Å²) < 4.78 is 0. The van der Waals surface area contributed by atoms with E-state index in [4.69, 9.17) is 5.11 Å². The van der Waals surface area contributed by atoms with E-state index in [1.165, 1.54) is 5.56 Å². The lowest BCUT2D eigenvalue weighted by Crippen LogP contribution is -2.45. The Morgan fingerprint density at radius 2 is 2.30 bits per heavy atom. The minimum Gasteiger partial charge on any atom is -0.481 e. The molecule has 1 aliphatic rings. The summed E-state index contributed by atoms with van der Waals surface area (Å²) in [5, 5.41) is 18.8. The molecule has 1 saturated carbocycles. The molecule has 1 aromatic rings. The minimum atomic E-state index is -0.763. The van der Waals surface area contributed by atoms with Gasteiger partial charge in [0.1, 0.15) is 0 Å². The molecule has 3 N–H and O–H groups in total. The van der Waals surface area contributed by atoms with Crippen LogP contribution in [0.3, 0.4) is 0 Å². The lowest BCUT2D eigenvalue weighted by molar-refractivity contribution is -0.141. The van der Waals surface area contributed by atoms with Crippen LogP contribution in [-0.2, 0) is 11.2 Å².